The Kier molecular flexibility index (Phi) is 6.99. The van der Waals surface area contributed by atoms with Crippen molar-refractivity contribution >= 4 is 11.8 Å². The molecule has 0 bridgehead atoms. The molecule has 2 heterocycles. The van der Waals surface area contributed by atoms with E-state index in [0.29, 0.717) is 31.1 Å². The molecule has 1 aliphatic heterocycles. The summed E-state index contributed by atoms with van der Waals surface area (Å²) < 4.78 is 5.00. The van der Waals surface area contributed by atoms with Gasteiger partial charge in [0.1, 0.15) is 0 Å². The van der Waals surface area contributed by atoms with Crippen LogP contribution in [0.1, 0.15) is 36.0 Å². The van der Waals surface area contributed by atoms with Gasteiger partial charge in [-0.15, -0.1) is 0 Å². The van der Waals surface area contributed by atoms with Crippen molar-refractivity contribution in [2.45, 2.75) is 25.7 Å². The van der Waals surface area contributed by atoms with Crippen LogP contribution in [0.5, 0.6) is 5.88 Å². The fourth-order valence-corrected chi connectivity index (χ4v) is 2.76. The van der Waals surface area contributed by atoms with E-state index in [0.717, 1.165) is 19.3 Å². The van der Waals surface area contributed by atoms with Crippen LogP contribution in [0.15, 0.2) is 18.3 Å². The minimum atomic E-state index is -0.141. The zero-order chi connectivity index (χ0) is 17.4. The topological polar surface area (TPSA) is 91.8 Å². The summed E-state index contributed by atoms with van der Waals surface area (Å²) in [5.41, 5.74) is 0.477. The zero-order valence-electron chi connectivity index (χ0n) is 14.0. The standard InChI is InChI=1S/C17H25N3O4/c1-24-16-5-4-14(11-19-16)17(23)20-9-2-3-13(12-21)6-8-18-15(22)7-10-20/h4-5,11,13,21H,2-3,6-10,12H2,1H3,(H,18,22). The van der Waals surface area contributed by atoms with Gasteiger partial charge in [-0.25, -0.2) is 4.98 Å². The summed E-state index contributed by atoms with van der Waals surface area (Å²) in [6.07, 6.45) is 4.16. The number of nitrogens with one attached hydrogen (secondary N) is 1. The third-order valence-electron chi connectivity index (χ3n) is 4.26. The van der Waals surface area contributed by atoms with Gasteiger partial charge in [0.15, 0.2) is 0 Å². The van der Waals surface area contributed by atoms with E-state index < -0.39 is 0 Å². The second kappa shape index (κ2) is 9.22. The number of aliphatic hydroxyl groups excluding tert-OH is 1. The fraction of sp³-hybridized carbons (Fsp3) is 0.588. The maximum absolute atomic E-state index is 12.7. The number of hydrogen-bond donors (Lipinski definition) is 2. The van der Waals surface area contributed by atoms with Crippen LogP contribution in [-0.4, -0.2) is 60.2 Å². The summed E-state index contributed by atoms with van der Waals surface area (Å²) in [6, 6.07) is 3.32. The second-order valence-corrected chi connectivity index (χ2v) is 5.96. The highest BCUT2D eigenvalue weighted by atomic mass is 16.5. The number of pyridine rings is 1. The van der Waals surface area contributed by atoms with Crippen molar-refractivity contribution in [3.05, 3.63) is 23.9 Å². The Bertz CT molecular complexity index is 547. The molecule has 0 spiro atoms. The lowest BCUT2D eigenvalue weighted by molar-refractivity contribution is -0.121. The number of rotatable bonds is 3. The lowest BCUT2D eigenvalue weighted by Crippen LogP contribution is -2.35. The number of carbonyl (C=O) groups is 2. The Balaban J connectivity index is 2.06. The van der Waals surface area contributed by atoms with Crippen molar-refractivity contribution < 1.29 is 19.4 Å². The van der Waals surface area contributed by atoms with Gasteiger partial charge in [0.05, 0.1) is 12.7 Å². The molecule has 0 aliphatic carbocycles. The predicted molar refractivity (Wildman–Crippen MR) is 88.7 cm³/mol. The smallest absolute Gasteiger partial charge is 0.255 e. The van der Waals surface area contributed by atoms with Crippen LogP contribution in [-0.2, 0) is 4.79 Å². The summed E-state index contributed by atoms with van der Waals surface area (Å²) in [5, 5.41) is 12.2. The molecular weight excluding hydrogens is 310 g/mol. The quantitative estimate of drug-likeness (QED) is 0.854. The molecule has 24 heavy (non-hydrogen) atoms. The molecule has 7 heteroatoms. The van der Waals surface area contributed by atoms with Gasteiger partial charge in [0.2, 0.25) is 11.8 Å². The van der Waals surface area contributed by atoms with Crippen molar-refractivity contribution in [2.75, 3.05) is 33.4 Å². The number of hydrogen-bond acceptors (Lipinski definition) is 5. The van der Waals surface area contributed by atoms with Gasteiger partial charge in [0, 0.05) is 44.9 Å². The monoisotopic (exact) mass is 335 g/mol. The molecule has 1 saturated heterocycles. The first-order chi connectivity index (χ1) is 11.6. The maximum atomic E-state index is 12.7. The maximum Gasteiger partial charge on any atom is 0.255 e. The molecule has 1 unspecified atom stereocenters. The predicted octanol–water partition coefficient (Wildman–Crippen LogP) is 0.831. The molecule has 7 nitrogen and oxygen atoms in total. The molecule has 1 fully saturated rings. The molecule has 2 rings (SSSR count). The molecule has 1 aliphatic rings. The minimum Gasteiger partial charge on any atom is -0.481 e. The average molecular weight is 335 g/mol. The molecule has 2 N–H and O–H groups in total. The summed E-state index contributed by atoms with van der Waals surface area (Å²) in [6.45, 7) is 1.61. The lowest BCUT2D eigenvalue weighted by atomic mass is 10.0. The fourth-order valence-electron chi connectivity index (χ4n) is 2.76. The number of nitrogens with zero attached hydrogens (tertiary/aromatic N) is 2. The summed E-state index contributed by atoms with van der Waals surface area (Å²) in [4.78, 5) is 30.3. The molecule has 0 saturated carbocycles. The summed E-state index contributed by atoms with van der Waals surface area (Å²) >= 11 is 0. The molecule has 0 aromatic carbocycles. The Morgan fingerprint density at radius 2 is 2.25 bits per heavy atom. The lowest BCUT2D eigenvalue weighted by Gasteiger charge is -2.23. The third kappa shape index (κ3) is 5.19. The Hall–Kier alpha value is -2.15. The summed E-state index contributed by atoms with van der Waals surface area (Å²) in [5.74, 6) is 0.397. The number of ether oxygens (including phenoxy) is 1. The molecule has 2 amide bonds. The highest BCUT2D eigenvalue weighted by molar-refractivity contribution is 5.94. The van der Waals surface area contributed by atoms with E-state index in [-0.39, 0.29) is 30.8 Å². The Labute approximate surface area is 142 Å². The van der Waals surface area contributed by atoms with E-state index in [9.17, 15) is 14.7 Å². The Morgan fingerprint density at radius 3 is 2.92 bits per heavy atom. The van der Waals surface area contributed by atoms with E-state index in [4.69, 9.17) is 4.74 Å². The number of aliphatic hydroxyl groups is 1. The largest absolute Gasteiger partial charge is 0.481 e. The van der Waals surface area contributed by atoms with Gasteiger partial charge >= 0.3 is 0 Å². The van der Waals surface area contributed by atoms with E-state index in [2.05, 4.69) is 10.3 Å². The van der Waals surface area contributed by atoms with Gasteiger partial charge in [-0.05, 0) is 31.2 Å². The van der Waals surface area contributed by atoms with Crippen LogP contribution in [0.2, 0.25) is 0 Å². The average Bonchev–Trinajstić information content (AvgIpc) is 2.66. The molecular formula is C17H25N3O4. The summed E-state index contributed by atoms with van der Waals surface area (Å²) in [7, 11) is 1.52. The first-order valence-corrected chi connectivity index (χ1v) is 8.31. The van der Waals surface area contributed by atoms with Crippen molar-refractivity contribution in [3.63, 3.8) is 0 Å². The molecule has 1 aromatic rings. The Morgan fingerprint density at radius 1 is 1.42 bits per heavy atom. The van der Waals surface area contributed by atoms with Crippen LogP contribution < -0.4 is 10.1 Å². The van der Waals surface area contributed by atoms with E-state index >= 15 is 0 Å². The van der Waals surface area contributed by atoms with Gasteiger partial charge in [-0.2, -0.15) is 0 Å². The van der Waals surface area contributed by atoms with Crippen LogP contribution in [0.25, 0.3) is 0 Å². The van der Waals surface area contributed by atoms with Crippen molar-refractivity contribution in [1.82, 2.24) is 15.2 Å². The first-order valence-electron chi connectivity index (χ1n) is 8.31. The number of carbonyl (C=O) groups excluding carboxylic acids is 2. The van der Waals surface area contributed by atoms with Crippen molar-refractivity contribution in [2.24, 2.45) is 5.92 Å². The van der Waals surface area contributed by atoms with Gasteiger partial charge in [-0.3, -0.25) is 9.59 Å². The number of methoxy groups -OCH3 is 1. The highest BCUT2D eigenvalue weighted by Crippen LogP contribution is 2.14. The molecule has 132 valence electrons. The van der Waals surface area contributed by atoms with Gasteiger partial charge < -0.3 is 20.1 Å². The van der Waals surface area contributed by atoms with Crippen LogP contribution >= 0.6 is 0 Å². The first kappa shape index (κ1) is 18.2. The zero-order valence-corrected chi connectivity index (χ0v) is 14.0. The highest BCUT2D eigenvalue weighted by Gasteiger charge is 2.19. The van der Waals surface area contributed by atoms with Gasteiger partial charge in [0.25, 0.3) is 5.91 Å². The van der Waals surface area contributed by atoms with E-state index in [1.54, 1.807) is 17.0 Å². The van der Waals surface area contributed by atoms with Crippen LogP contribution in [0.3, 0.4) is 0 Å². The van der Waals surface area contributed by atoms with Gasteiger partial charge in [-0.1, -0.05) is 0 Å². The van der Waals surface area contributed by atoms with E-state index in [1.807, 2.05) is 0 Å². The van der Waals surface area contributed by atoms with Crippen LogP contribution in [0, 0.1) is 5.92 Å². The molecule has 1 atom stereocenters. The molecule has 1 aromatic heterocycles. The van der Waals surface area contributed by atoms with Crippen molar-refractivity contribution in [1.29, 1.82) is 0 Å². The van der Waals surface area contributed by atoms with Crippen molar-refractivity contribution in [3.8, 4) is 5.88 Å². The molecule has 0 radical (unpaired) electrons. The normalized spacial score (nSPS) is 20.0. The van der Waals surface area contributed by atoms with Crippen LogP contribution in [0.4, 0.5) is 0 Å². The minimum absolute atomic E-state index is 0.0701. The van der Waals surface area contributed by atoms with E-state index in [1.165, 1.54) is 13.3 Å². The number of amides is 2. The third-order valence-corrected chi connectivity index (χ3v) is 4.26. The second-order valence-electron chi connectivity index (χ2n) is 5.96. The SMILES string of the molecule is COc1ccc(C(=O)N2CCCC(CO)CCNC(=O)CC2)cn1. The number of aromatic nitrogens is 1.